The van der Waals surface area contributed by atoms with Gasteiger partial charge in [-0.1, -0.05) is 17.7 Å². The van der Waals surface area contributed by atoms with Gasteiger partial charge >= 0.3 is 0 Å². The maximum absolute atomic E-state index is 13.1. The van der Waals surface area contributed by atoms with Crippen molar-refractivity contribution >= 4 is 11.6 Å². The molecule has 1 saturated heterocycles. The third-order valence-electron chi connectivity index (χ3n) is 2.41. The summed E-state index contributed by atoms with van der Waals surface area (Å²) in [6.45, 7) is 0.635. The second kappa shape index (κ2) is 3.85. The molecule has 0 aromatic heterocycles. The van der Waals surface area contributed by atoms with Crippen LogP contribution in [0.3, 0.4) is 0 Å². The van der Waals surface area contributed by atoms with Crippen molar-refractivity contribution in [3.05, 3.63) is 34.6 Å². The van der Waals surface area contributed by atoms with Crippen LogP contribution in [0.2, 0.25) is 5.02 Å². The summed E-state index contributed by atoms with van der Waals surface area (Å²) in [6, 6.07) is 4.62. The topological polar surface area (TPSA) is 35.2 Å². The van der Waals surface area contributed by atoms with Crippen LogP contribution in [-0.4, -0.2) is 12.6 Å². The lowest BCUT2D eigenvalue weighted by atomic mass is 10.0. The van der Waals surface area contributed by atoms with E-state index in [1.807, 2.05) is 0 Å². The van der Waals surface area contributed by atoms with Crippen molar-refractivity contribution in [3.8, 4) is 0 Å². The minimum atomic E-state index is -0.424. The molecular weight excluding hydrogens is 205 g/mol. The van der Waals surface area contributed by atoms with E-state index in [-0.39, 0.29) is 17.2 Å². The van der Waals surface area contributed by atoms with Crippen LogP contribution in [-0.2, 0) is 4.74 Å². The monoisotopic (exact) mass is 215 g/mol. The van der Waals surface area contributed by atoms with Crippen molar-refractivity contribution < 1.29 is 9.13 Å². The molecule has 0 radical (unpaired) electrons. The first kappa shape index (κ1) is 9.90. The predicted octanol–water partition coefficient (Wildman–Crippen LogP) is 2.27. The molecule has 4 heteroatoms. The molecule has 2 nitrogen and oxygen atoms in total. The van der Waals surface area contributed by atoms with Crippen molar-refractivity contribution in [1.82, 2.24) is 0 Å². The van der Waals surface area contributed by atoms with Gasteiger partial charge in [-0.05, 0) is 24.1 Å². The molecule has 0 unspecified atom stereocenters. The summed E-state index contributed by atoms with van der Waals surface area (Å²) in [6.07, 6.45) is 0.622. The van der Waals surface area contributed by atoms with E-state index >= 15 is 0 Å². The third-order valence-corrected chi connectivity index (χ3v) is 2.72. The highest BCUT2D eigenvalue weighted by Gasteiger charge is 2.26. The van der Waals surface area contributed by atoms with E-state index in [2.05, 4.69) is 0 Å². The normalized spacial score (nSPS) is 26.8. The molecule has 2 atom stereocenters. The Hall–Kier alpha value is -0.640. The highest BCUT2D eigenvalue weighted by Crippen LogP contribution is 2.29. The van der Waals surface area contributed by atoms with Gasteiger partial charge in [0.15, 0.2) is 0 Å². The highest BCUT2D eigenvalue weighted by molar-refractivity contribution is 6.30. The first-order valence-corrected chi connectivity index (χ1v) is 4.88. The number of nitrogens with two attached hydrogens (primary N) is 1. The Morgan fingerprint density at radius 3 is 2.86 bits per heavy atom. The first-order chi connectivity index (χ1) is 6.68. The van der Waals surface area contributed by atoms with Gasteiger partial charge < -0.3 is 10.5 Å². The Morgan fingerprint density at radius 2 is 2.29 bits per heavy atom. The summed E-state index contributed by atoms with van der Waals surface area (Å²) in [4.78, 5) is 0. The second-order valence-corrected chi connectivity index (χ2v) is 3.82. The molecule has 14 heavy (non-hydrogen) atoms. The summed E-state index contributed by atoms with van der Waals surface area (Å²) in [7, 11) is 0. The van der Waals surface area contributed by atoms with Crippen LogP contribution in [0.1, 0.15) is 18.1 Å². The average Bonchev–Trinajstić information content (AvgIpc) is 2.57. The minimum absolute atomic E-state index is 0.0458. The van der Waals surface area contributed by atoms with Crippen molar-refractivity contribution in [2.45, 2.75) is 18.6 Å². The lowest BCUT2D eigenvalue weighted by Crippen LogP contribution is -2.23. The van der Waals surface area contributed by atoms with E-state index in [9.17, 15) is 4.39 Å². The van der Waals surface area contributed by atoms with Gasteiger partial charge in [0.1, 0.15) is 5.82 Å². The summed E-state index contributed by atoms with van der Waals surface area (Å²) in [5, 5.41) is 0.125. The van der Waals surface area contributed by atoms with Crippen LogP contribution in [0.5, 0.6) is 0 Å². The molecule has 1 heterocycles. The maximum atomic E-state index is 13.1. The molecule has 0 saturated carbocycles. The Balaban J connectivity index is 2.28. The van der Waals surface area contributed by atoms with Gasteiger partial charge in [-0.25, -0.2) is 4.39 Å². The SMILES string of the molecule is N[C@H]1CCO[C@H]1c1ccc(Cl)c(F)c1. The minimum Gasteiger partial charge on any atom is -0.372 e. The zero-order valence-corrected chi connectivity index (χ0v) is 8.30. The van der Waals surface area contributed by atoms with Crippen molar-refractivity contribution in [2.75, 3.05) is 6.61 Å². The van der Waals surface area contributed by atoms with Crippen LogP contribution in [0.25, 0.3) is 0 Å². The fraction of sp³-hybridized carbons (Fsp3) is 0.400. The fourth-order valence-corrected chi connectivity index (χ4v) is 1.76. The van der Waals surface area contributed by atoms with Crippen molar-refractivity contribution in [1.29, 1.82) is 0 Å². The molecule has 1 aromatic carbocycles. The fourth-order valence-electron chi connectivity index (χ4n) is 1.64. The molecule has 0 aliphatic carbocycles. The third kappa shape index (κ3) is 1.75. The number of hydrogen-bond acceptors (Lipinski definition) is 2. The maximum Gasteiger partial charge on any atom is 0.142 e. The predicted molar refractivity (Wildman–Crippen MR) is 52.7 cm³/mol. The molecule has 1 aliphatic heterocycles. The van der Waals surface area contributed by atoms with Crippen LogP contribution in [0, 0.1) is 5.82 Å². The standard InChI is InChI=1S/C10H11ClFNO/c11-7-2-1-6(5-8(7)12)10-9(13)3-4-14-10/h1-2,5,9-10H,3-4,13H2/t9-,10-/m0/s1. The zero-order chi connectivity index (χ0) is 10.1. The number of halogens is 2. The molecule has 2 rings (SSSR count). The van der Waals surface area contributed by atoms with Crippen LogP contribution in [0.15, 0.2) is 18.2 Å². The molecule has 0 amide bonds. The number of ether oxygens (including phenoxy) is 1. The Bertz CT molecular complexity index is 345. The summed E-state index contributed by atoms with van der Waals surface area (Å²) >= 11 is 5.58. The second-order valence-electron chi connectivity index (χ2n) is 3.42. The van der Waals surface area contributed by atoms with Gasteiger partial charge in [0.25, 0.3) is 0 Å². The van der Waals surface area contributed by atoms with Gasteiger partial charge in [-0.2, -0.15) is 0 Å². The lowest BCUT2D eigenvalue weighted by molar-refractivity contribution is 0.105. The number of rotatable bonds is 1. The molecule has 1 aliphatic rings. The van der Waals surface area contributed by atoms with Gasteiger partial charge in [-0.15, -0.1) is 0 Å². The van der Waals surface area contributed by atoms with Gasteiger partial charge in [0, 0.05) is 12.6 Å². The van der Waals surface area contributed by atoms with Gasteiger partial charge in [0.2, 0.25) is 0 Å². The first-order valence-electron chi connectivity index (χ1n) is 4.50. The molecule has 2 N–H and O–H groups in total. The summed E-state index contributed by atoms with van der Waals surface area (Å²) in [5.74, 6) is -0.424. The lowest BCUT2D eigenvalue weighted by Gasteiger charge is -2.14. The van der Waals surface area contributed by atoms with Crippen LogP contribution >= 0.6 is 11.6 Å². The zero-order valence-electron chi connectivity index (χ0n) is 7.54. The van der Waals surface area contributed by atoms with E-state index < -0.39 is 5.82 Å². The van der Waals surface area contributed by atoms with E-state index in [1.165, 1.54) is 12.1 Å². The van der Waals surface area contributed by atoms with E-state index in [1.54, 1.807) is 6.07 Å². The Kier molecular flexibility index (Phi) is 2.72. The van der Waals surface area contributed by atoms with Crippen molar-refractivity contribution in [2.24, 2.45) is 5.73 Å². The van der Waals surface area contributed by atoms with E-state index in [4.69, 9.17) is 22.1 Å². The molecule has 76 valence electrons. The molecule has 1 aromatic rings. The number of benzene rings is 1. The Labute approximate surface area is 86.8 Å². The highest BCUT2D eigenvalue weighted by atomic mass is 35.5. The largest absolute Gasteiger partial charge is 0.372 e. The number of hydrogen-bond donors (Lipinski definition) is 1. The van der Waals surface area contributed by atoms with Crippen LogP contribution in [0.4, 0.5) is 4.39 Å². The molecule has 0 bridgehead atoms. The van der Waals surface area contributed by atoms with E-state index in [0.29, 0.717) is 6.61 Å². The van der Waals surface area contributed by atoms with Gasteiger partial charge in [0.05, 0.1) is 11.1 Å². The summed E-state index contributed by atoms with van der Waals surface area (Å²) in [5.41, 5.74) is 6.58. The van der Waals surface area contributed by atoms with Gasteiger partial charge in [-0.3, -0.25) is 0 Å². The van der Waals surface area contributed by atoms with E-state index in [0.717, 1.165) is 12.0 Å². The molecule has 0 spiro atoms. The van der Waals surface area contributed by atoms with Crippen molar-refractivity contribution in [3.63, 3.8) is 0 Å². The average molecular weight is 216 g/mol. The molecular formula is C10H11ClFNO. The quantitative estimate of drug-likeness (QED) is 0.780. The Morgan fingerprint density at radius 1 is 1.50 bits per heavy atom. The van der Waals surface area contributed by atoms with Crippen LogP contribution < -0.4 is 5.73 Å². The smallest absolute Gasteiger partial charge is 0.142 e. The summed E-state index contributed by atoms with van der Waals surface area (Å²) < 4.78 is 18.5. The molecule has 1 fully saturated rings.